The Balaban J connectivity index is 0.00000192. The van der Waals surface area contributed by atoms with E-state index >= 15 is 0 Å². The molecule has 1 amide bonds. The molecule has 4 heteroatoms. The summed E-state index contributed by atoms with van der Waals surface area (Å²) in [6, 6.07) is 15.4. The van der Waals surface area contributed by atoms with E-state index in [4.69, 9.17) is 0 Å². The number of rotatable bonds is 4. The minimum Gasteiger partial charge on any atom is -0.352 e. The molecule has 2 atom stereocenters. The molecule has 3 nitrogen and oxygen atoms in total. The number of carbonyl (C=O) groups excluding carboxylic acids is 1. The van der Waals surface area contributed by atoms with Crippen LogP contribution < -0.4 is 10.6 Å². The molecule has 2 N–H and O–H groups in total. The normalized spacial score (nSPS) is 20.7. The molecule has 3 rings (SSSR count). The van der Waals surface area contributed by atoms with Crippen LogP contribution in [-0.2, 0) is 11.2 Å². The van der Waals surface area contributed by atoms with Crippen LogP contribution in [0.2, 0.25) is 0 Å². The van der Waals surface area contributed by atoms with E-state index in [1.54, 1.807) is 0 Å². The minimum atomic E-state index is 0. The number of aryl methyl sites for hydroxylation is 1. The summed E-state index contributed by atoms with van der Waals surface area (Å²) in [5.41, 5.74) is 1.23. The van der Waals surface area contributed by atoms with Gasteiger partial charge in [-0.2, -0.15) is 0 Å². The third-order valence-electron chi connectivity index (χ3n) is 4.56. The molecule has 1 fully saturated rings. The van der Waals surface area contributed by atoms with E-state index in [2.05, 4.69) is 60.0 Å². The maximum absolute atomic E-state index is 12.2. The first-order valence-corrected chi connectivity index (χ1v) is 8.23. The van der Waals surface area contributed by atoms with E-state index in [0.29, 0.717) is 12.5 Å². The van der Waals surface area contributed by atoms with Crippen molar-refractivity contribution in [2.45, 2.75) is 44.7 Å². The van der Waals surface area contributed by atoms with Crippen molar-refractivity contribution in [1.29, 1.82) is 0 Å². The zero-order valence-electron chi connectivity index (χ0n) is 13.5. The molecule has 0 radical (unpaired) electrons. The molecule has 1 aliphatic heterocycles. The van der Waals surface area contributed by atoms with Crippen molar-refractivity contribution in [2.75, 3.05) is 6.54 Å². The van der Waals surface area contributed by atoms with Crippen molar-refractivity contribution in [3.63, 3.8) is 0 Å². The first-order valence-electron chi connectivity index (χ1n) is 8.23. The lowest BCUT2D eigenvalue weighted by molar-refractivity contribution is -0.122. The van der Waals surface area contributed by atoms with Crippen molar-refractivity contribution in [2.24, 2.45) is 0 Å². The van der Waals surface area contributed by atoms with Gasteiger partial charge in [0.25, 0.3) is 0 Å². The molecule has 0 bridgehead atoms. The Morgan fingerprint density at radius 1 is 1.22 bits per heavy atom. The van der Waals surface area contributed by atoms with Gasteiger partial charge in [-0.3, -0.25) is 4.79 Å². The highest BCUT2D eigenvalue weighted by molar-refractivity contribution is 5.85. The summed E-state index contributed by atoms with van der Waals surface area (Å²) in [5.74, 6) is 0.161. The zero-order valence-corrected chi connectivity index (χ0v) is 14.4. The van der Waals surface area contributed by atoms with Crippen molar-refractivity contribution in [1.82, 2.24) is 10.6 Å². The number of halogens is 1. The number of nitrogens with one attached hydrogen (secondary N) is 2. The molecular formula is C19H25ClN2O. The van der Waals surface area contributed by atoms with E-state index in [0.717, 1.165) is 25.8 Å². The molecule has 2 aromatic carbocycles. The smallest absolute Gasteiger partial charge is 0.220 e. The highest BCUT2D eigenvalue weighted by Gasteiger charge is 2.21. The Morgan fingerprint density at radius 2 is 2.00 bits per heavy atom. The SMILES string of the molecule is CC1NCCCC1NC(=O)CCc1ccc2ccccc2c1.Cl. The van der Waals surface area contributed by atoms with Crippen LogP contribution in [0.25, 0.3) is 10.8 Å². The van der Waals surface area contributed by atoms with Crippen LogP contribution in [0, 0.1) is 0 Å². The molecule has 0 aliphatic carbocycles. The molecule has 1 aliphatic rings. The average Bonchev–Trinajstić information content (AvgIpc) is 2.55. The van der Waals surface area contributed by atoms with Crippen LogP contribution in [0.4, 0.5) is 0 Å². The maximum atomic E-state index is 12.2. The monoisotopic (exact) mass is 332 g/mol. The van der Waals surface area contributed by atoms with Gasteiger partial charge in [-0.1, -0.05) is 42.5 Å². The van der Waals surface area contributed by atoms with Gasteiger partial charge in [-0.05, 0) is 49.1 Å². The molecule has 0 aromatic heterocycles. The Bertz CT molecular complexity index is 659. The second kappa shape index (κ2) is 8.32. The summed E-state index contributed by atoms with van der Waals surface area (Å²) >= 11 is 0. The molecule has 124 valence electrons. The van der Waals surface area contributed by atoms with Crippen molar-refractivity contribution in [3.05, 3.63) is 48.0 Å². The topological polar surface area (TPSA) is 41.1 Å². The van der Waals surface area contributed by atoms with Gasteiger partial charge in [-0.25, -0.2) is 0 Å². The average molecular weight is 333 g/mol. The third kappa shape index (κ3) is 4.69. The van der Waals surface area contributed by atoms with Gasteiger partial charge in [0.05, 0.1) is 0 Å². The number of amides is 1. The summed E-state index contributed by atoms with van der Waals surface area (Å²) < 4.78 is 0. The Hall–Kier alpha value is -1.58. The Kier molecular flexibility index (Phi) is 6.43. The van der Waals surface area contributed by atoms with E-state index in [-0.39, 0.29) is 24.4 Å². The molecule has 23 heavy (non-hydrogen) atoms. The number of hydrogen-bond donors (Lipinski definition) is 2. The van der Waals surface area contributed by atoms with Crippen LogP contribution in [-0.4, -0.2) is 24.5 Å². The summed E-state index contributed by atoms with van der Waals surface area (Å²) in [6.07, 6.45) is 3.57. The van der Waals surface area contributed by atoms with Crippen LogP contribution >= 0.6 is 12.4 Å². The van der Waals surface area contributed by atoms with Gasteiger partial charge in [-0.15, -0.1) is 12.4 Å². The highest BCUT2D eigenvalue weighted by atomic mass is 35.5. The van der Waals surface area contributed by atoms with Gasteiger partial charge < -0.3 is 10.6 Å². The van der Waals surface area contributed by atoms with Gasteiger partial charge in [0, 0.05) is 18.5 Å². The summed E-state index contributed by atoms with van der Waals surface area (Å²) in [6.45, 7) is 3.21. The van der Waals surface area contributed by atoms with Crippen LogP contribution in [0.1, 0.15) is 31.7 Å². The third-order valence-corrected chi connectivity index (χ3v) is 4.56. The van der Waals surface area contributed by atoms with E-state index in [1.165, 1.54) is 16.3 Å². The second-order valence-electron chi connectivity index (χ2n) is 6.24. The predicted molar refractivity (Wildman–Crippen MR) is 98.1 cm³/mol. The number of carbonyl (C=O) groups is 1. The molecule has 0 spiro atoms. The fourth-order valence-corrected chi connectivity index (χ4v) is 3.17. The summed E-state index contributed by atoms with van der Waals surface area (Å²) in [4.78, 5) is 12.2. The number of hydrogen-bond acceptors (Lipinski definition) is 2. The van der Waals surface area contributed by atoms with E-state index < -0.39 is 0 Å². The molecule has 2 aromatic rings. The maximum Gasteiger partial charge on any atom is 0.220 e. The standard InChI is InChI=1S/C19H24N2O.ClH/c1-14-18(7-4-12-20-14)21-19(22)11-9-15-8-10-16-5-2-3-6-17(16)13-15;/h2-3,5-6,8,10,13-14,18,20H,4,7,9,11-12H2,1H3,(H,21,22);1H. The van der Waals surface area contributed by atoms with E-state index in [9.17, 15) is 4.79 Å². The fraction of sp³-hybridized carbons (Fsp3) is 0.421. The van der Waals surface area contributed by atoms with Crippen LogP contribution in [0.15, 0.2) is 42.5 Å². The molecule has 0 saturated carbocycles. The van der Waals surface area contributed by atoms with Crippen LogP contribution in [0.5, 0.6) is 0 Å². The lowest BCUT2D eigenvalue weighted by Gasteiger charge is -2.30. The highest BCUT2D eigenvalue weighted by Crippen LogP contribution is 2.16. The lowest BCUT2D eigenvalue weighted by atomic mass is 9.99. The summed E-state index contributed by atoms with van der Waals surface area (Å²) in [5, 5.41) is 9.08. The second-order valence-corrected chi connectivity index (χ2v) is 6.24. The summed E-state index contributed by atoms with van der Waals surface area (Å²) in [7, 11) is 0. The Morgan fingerprint density at radius 3 is 2.78 bits per heavy atom. The molecule has 1 heterocycles. The number of benzene rings is 2. The fourth-order valence-electron chi connectivity index (χ4n) is 3.17. The molecule has 2 unspecified atom stereocenters. The van der Waals surface area contributed by atoms with Gasteiger partial charge >= 0.3 is 0 Å². The lowest BCUT2D eigenvalue weighted by Crippen LogP contribution is -2.51. The van der Waals surface area contributed by atoms with Gasteiger partial charge in [0.1, 0.15) is 0 Å². The Labute approximate surface area is 144 Å². The van der Waals surface area contributed by atoms with Crippen LogP contribution in [0.3, 0.4) is 0 Å². The first kappa shape index (κ1) is 17.8. The van der Waals surface area contributed by atoms with Gasteiger partial charge in [0.2, 0.25) is 5.91 Å². The predicted octanol–water partition coefficient (Wildman–Crippen LogP) is 3.45. The number of piperidine rings is 1. The zero-order chi connectivity index (χ0) is 15.4. The molecule has 1 saturated heterocycles. The molecular weight excluding hydrogens is 308 g/mol. The van der Waals surface area contributed by atoms with E-state index in [1.807, 2.05) is 0 Å². The van der Waals surface area contributed by atoms with Crippen molar-refractivity contribution >= 4 is 29.1 Å². The quantitative estimate of drug-likeness (QED) is 0.900. The van der Waals surface area contributed by atoms with Crippen molar-refractivity contribution in [3.8, 4) is 0 Å². The van der Waals surface area contributed by atoms with Crippen molar-refractivity contribution < 1.29 is 4.79 Å². The first-order chi connectivity index (χ1) is 10.7. The minimum absolute atomic E-state index is 0. The number of fused-ring (bicyclic) bond motifs is 1. The largest absolute Gasteiger partial charge is 0.352 e. The van der Waals surface area contributed by atoms with Gasteiger partial charge in [0.15, 0.2) is 0 Å².